The second-order valence-corrected chi connectivity index (χ2v) is 6.77. The molecule has 4 heterocycles. The first-order chi connectivity index (χ1) is 11.7. The Labute approximate surface area is 141 Å². The number of hydrogen-bond donors (Lipinski definition) is 1. The summed E-state index contributed by atoms with van der Waals surface area (Å²) in [7, 11) is 0. The van der Waals surface area contributed by atoms with Crippen LogP contribution in [0.3, 0.4) is 0 Å². The molecular formula is C18H23N5O. The van der Waals surface area contributed by atoms with Crippen LogP contribution < -0.4 is 10.9 Å². The fraction of sp³-hybridized carbons (Fsp3) is 0.500. The first-order valence-corrected chi connectivity index (χ1v) is 8.69. The predicted octanol–water partition coefficient (Wildman–Crippen LogP) is 1.09. The zero-order chi connectivity index (χ0) is 16.5. The fourth-order valence-corrected chi connectivity index (χ4v) is 3.86. The van der Waals surface area contributed by atoms with Gasteiger partial charge in [-0.1, -0.05) is 6.92 Å². The van der Waals surface area contributed by atoms with Crippen LogP contribution in [0.2, 0.25) is 0 Å². The largest absolute Gasteiger partial charge is 0.314 e. The average Bonchev–Trinajstić information content (AvgIpc) is 2.63. The van der Waals surface area contributed by atoms with Crippen LogP contribution in [-0.2, 0) is 6.54 Å². The van der Waals surface area contributed by atoms with Crippen molar-refractivity contribution in [3.05, 3.63) is 46.8 Å². The highest BCUT2D eigenvalue weighted by Gasteiger charge is 2.30. The summed E-state index contributed by atoms with van der Waals surface area (Å²) >= 11 is 0. The maximum atomic E-state index is 12.7. The average molecular weight is 325 g/mol. The summed E-state index contributed by atoms with van der Waals surface area (Å²) < 4.78 is 1.88. The number of aromatic nitrogens is 3. The molecule has 0 aliphatic carbocycles. The van der Waals surface area contributed by atoms with E-state index in [1.165, 1.54) is 0 Å². The Morgan fingerprint density at radius 3 is 2.88 bits per heavy atom. The normalized spacial score (nSPS) is 24.5. The minimum atomic E-state index is 0.0468. The predicted molar refractivity (Wildman–Crippen MR) is 93.0 cm³/mol. The van der Waals surface area contributed by atoms with Crippen LogP contribution in [0, 0.1) is 0 Å². The molecule has 1 N–H and O–H groups in total. The van der Waals surface area contributed by atoms with Crippen molar-refractivity contribution in [2.45, 2.75) is 31.8 Å². The quantitative estimate of drug-likeness (QED) is 0.895. The van der Waals surface area contributed by atoms with Gasteiger partial charge in [0.1, 0.15) is 5.82 Å². The van der Waals surface area contributed by atoms with Gasteiger partial charge in [-0.05, 0) is 18.6 Å². The lowest BCUT2D eigenvalue weighted by Gasteiger charge is -2.39. The molecule has 2 atom stereocenters. The lowest BCUT2D eigenvalue weighted by atomic mass is 9.94. The molecule has 24 heavy (non-hydrogen) atoms. The fourth-order valence-electron chi connectivity index (χ4n) is 3.86. The van der Waals surface area contributed by atoms with E-state index in [-0.39, 0.29) is 11.5 Å². The van der Waals surface area contributed by atoms with Crippen molar-refractivity contribution in [2.24, 2.45) is 0 Å². The van der Waals surface area contributed by atoms with Crippen molar-refractivity contribution in [3.63, 3.8) is 0 Å². The molecule has 1 saturated heterocycles. The van der Waals surface area contributed by atoms with Crippen molar-refractivity contribution in [3.8, 4) is 11.3 Å². The summed E-state index contributed by atoms with van der Waals surface area (Å²) in [5, 5.41) is 3.39. The number of piperazine rings is 1. The lowest BCUT2D eigenvalue weighted by Crippen LogP contribution is -2.52. The molecule has 2 aliphatic heterocycles. The number of nitrogens with zero attached hydrogens (tertiary/aromatic N) is 4. The van der Waals surface area contributed by atoms with Crippen molar-refractivity contribution in [1.29, 1.82) is 0 Å². The highest BCUT2D eigenvalue weighted by molar-refractivity contribution is 5.57. The van der Waals surface area contributed by atoms with E-state index in [9.17, 15) is 4.79 Å². The van der Waals surface area contributed by atoms with Gasteiger partial charge in [-0.3, -0.25) is 19.2 Å². The van der Waals surface area contributed by atoms with E-state index in [1.54, 1.807) is 18.5 Å². The molecule has 0 bridgehead atoms. The lowest BCUT2D eigenvalue weighted by molar-refractivity contribution is 0.128. The van der Waals surface area contributed by atoms with Gasteiger partial charge in [0.05, 0.1) is 5.69 Å². The standard InChI is InChI=1S/C18H23N5O/c1-13-9-15(22-7-5-19-6-8-22)12-23-17(24)10-16(21-18(13)23)14-3-2-4-20-11-14/h2-4,10-11,13,15,19H,5-9,12H2,1H3. The molecule has 0 spiro atoms. The van der Waals surface area contributed by atoms with Gasteiger partial charge in [0.2, 0.25) is 0 Å². The number of hydrogen-bond acceptors (Lipinski definition) is 5. The van der Waals surface area contributed by atoms with Gasteiger partial charge in [0.25, 0.3) is 5.56 Å². The molecule has 1 fully saturated rings. The van der Waals surface area contributed by atoms with Crippen LogP contribution in [0.25, 0.3) is 11.3 Å². The van der Waals surface area contributed by atoms with Crippen LogP contribution in [-0.4, -0.2) is 51.7 Å². The van der Waals surface area contributed by atoms with E-state index in [2.05, 4.69) is 22.1 Å². The molecule has 6 heteroatoms. The zero-order valence-electron chi connectivity index (χ0n) is 14.0. The number of fused-ring (bicyclic) bond motifs is 1. The van der Waals surface area contributed by atoms with E-state index in [1.807, 2.05) is 16.7 Å². The summed E-state index contributed by atoms with van der Waals surface area (Å²) in [5.74, 6) is 1.19. The Hall–Kier alpha value is -2.05. The molecule has 2 unspecified atom stereocenters. The SMILES string of the molecule is CC1CC(N2CCNCC2)Cn2c1nc(-c1cccnc1)cc2=O. The Bertz CT molecular complexity index is 767. The van der Waals surface area contributed by atoms with Gasteiger partial charge in [0.15, 0.2) is 0 Å². The molecule has 0 radical (unpaired) electrons. The minimum Gasteiger partial charge on any atom is -0.314 e. The second kappa shape index (κ2) is 6.45. The van der Waals surface area contributed by atoms with E-state index in [4.69, 9.17) is 4.98 Å². The molecule has 2 aromatic rings. The Balaban J connectivity index is 1.67. The highest BCUT2D eigenvalue weighted by atomic mass is 16.1. The Kier molecular flexibility index (Phi) is 4.16. The minimum absolute atomic E-state index is 0.0468. The summed E-state index contributed by atoms with van der Waals surface area (Å²) in [5.41, 5.74) is 1.67. The van der Waals surface area contributed by atoms with Crippen molar-refractivity contribution < 1.29 is 0 Å². The van der Waals surface area contributed by atoms with Gasteiger partial charge in [-0.25, -0.2) is 4.98 Å². The molecule has 126 valence electrons. The monoisotopic (exact) mass is 325 g/mol. The zero-order valence-corrected chi connectivity index (χ0v) is 14.0. The van der Waals surface area contributed by atoms with Crippen LogP contribution in [0.1, 0.15) is 25.1 Å². The first-order valence-electron chi connectivity index (χ1n) is 8.69. The Morgan fingerprint density at radius 2 is 2.12 bits per heavy atom. The first kappa shape index (κ1) is 15.5. The topological polar surface area (TPSA) is 63.1 Å². The molecule has 2 aliphatic rings. The van der Waals surface area contributed by atoms with Crippen molar-refractivity contribution in [1.82, 2.24) is 24.8 Å². The molecule has 0 amide bonds. The van der Waals surface area contributed by atoms with E-state index in [0.29, 0.717) is 6.04 Å². The number of rotatable bonds is 2. The van der Waals surface area contributed by atoms with Gasteiger partial charge in [-0.15, -0.1) is 0 Å². The van der Waals surface area contributed by atoms with Crippen LogP contribution in [0.15, 0.2) is 35.4 Å². The molecular weight excluding hydrogens is 302 g/mol. The van der Waals surface area contributed by atoms with E-state index in [0.717, 1.165) is 56.2 Å². The van der Waals surface area contributed by atoms with Crippen molar-refractivity contribution in [2.75, 3.05) is 26.2 Å². The molecule has 0 aromatic carbocycles. The molecule has 0 saturated carbocycles. The summed E-state index contributed by atoms with van der Waals surface area (Å²) in [6, 6.07) is 5.90. The third-order valence-corrected chi connectivity index (χ3v) is 5.12. The maximum absolute atomic E-state index is 12.7. The maximum Gasteiger partial charge on any atom is 0.254 e. The molecule has 6 nitrogen and oxygen atoms in total. The van der Waals surface area contributed by atoms with Gasteiger partial charge >= 0.3 is 0 Å². The van der Waals surface area contributed by atoms with Gasteiger partial charge in [0, 0.05) is 68.7 Å². The highest BCUT2D eigenvalue weighted by Crippen LogP contribution is 2.28. The third-order valence-electron chi connectivity index (χ3n) is 5.12. The second-order valence-electron chi connectivity index (χ2n) is 6.77. The van der Waals surface area contributed by atoms with Gasteiger partial charge in [-0.2, -0.15) is 0 Å². The van der Waals surface area contributed by atoms with Gasteiger partial charge < -0.3 is 5.32 Å². The molecule has 4 rings (SSSR count). The van der Waals surface area contributed by atoms with Crippen LogP contribution in [0.5, 0.6) is 0 Å². The summed E-state index contributed by atoms with van der Waals surface area (Å²) in [6.07, 6.45) is 4.55. The number of nitrogens with one attached hydrogen (secondary N) is 1. The summed E-state index contributed by atoms with van der Waals surface area (Å²) in [4.78, 5) is 24.1. The van der Waals surface area contributed by atoms with E-state index >= 15 is 0 Å². The number of pyridine rings is 1. The third kappa shape index (κ3) is 2.87. The summed E-state index contributed by atoms with van der Waals surface area (Å²) in [6.45, 7) is 7.11. The molecule has 2 aromatic heterocycles. The smallest absolute Gasteiger partial charge is 0.254 e. The Morgan fingerprint density at radius 1 is 1.29 bits per heavy atom. The van der Waals surface area contributed by atoms with Crippen LogP contribution >= 0.6 is 0 Å². The van der Waals surface area contributed by atoms with Crippen molar-refractivity contribution >= 4 is 0 Å². The van der Waals surface area contributed by atoms with E-state index < -0.39 is 0 Å². The van der Waals surface area contributed by atoms with Crippen LogP contribution in [0.4, 0.5) is 0 Å².